The van der Waals surface area contributed by atoms with Gasteiger partial charge in [0.05, 0.1) is 6.10 Å². The van der Waals surface area contributed by atoms with Crippen molar-refractivity contribution in [2.24, 2.45) is 5.73 Å². The minimum Gasteiger partial charge on any atom is -0.380 e. The summed E-state index contributed by atoms with van der Waals surface area (Å²) in [6.45, 7) is 1.86. The molecule has 0 spiro atoms. The number of ether oxygens (including phenoxy) is 1. The Kier molecular flexibility index (Phi) is 3.87. The van der Waals surface area contributed by atoms with E-state index in [1.807, 2.05) is 7.11 Å². The van der Waals surface area contributed by atoms with Crippen LogP contribution in [0.25, 0.3) is 0 Å². The van der Waals surface area contributed by atoms with E-state index < -0.39 is 0 Å². The van der Waals surface area contributed by atoms with Gasteiger partial charge in [-0.05, 0) is 31.4 Å². The van der Waals surface area contributed by atoms with Gasteiger partial charge in [0.2, 0.25) is 0 Å². The fraction of sp³-hybridized carbons (Fsp3) is 0.625. The molecule has 0 aromatic heterocycles. The first-order valence-corrected chi connectivity index (χ1v) is 7.37. The van der Waals surface area contributed by atoms with Gasteiger partial charge in [0, 0.05) is 31.7 Å². The number of hydrogen-bond donors (Lipinski definition) is 1. The molecule has 1 aliphatic carbocycles. The van der Waals surface area contributed by atoms with Gasteiger partial charge in [0.25, 0.3) is 0 Å². The Morgan fingerprint density at radius 3 is 2.74 bits per heavy atom. The third kappa shape index (κ3) is 2.69. The van der Waals surface area contributed by atoms with Gasteiger partial charge in [-0.15, -0.1) is 0 Å². The van der Waals surface area contributed by atoms with Crippen molar-refractivity contribution in [3.8, 4) is 0 Å². The normalized spacial score (nSPS) is 34.6. The van der Waals surface area contributed by atoms with Gasteiger partial charge in [-0.1, -0.05) is 30.3 Å². The van der Waals surface area contributed by atoms with Crippen LogP contribution in [0.5, 0.6) is 0 Å². The van der Waals surface area contributed by atoms with Crippen molar-refractivity contribution >= 4 is 0 Å². The summed E-state index contributed by atoms with van der Waals surface area (Å²) in [6, 6.07) is 12.2. The minimum atomic E-state index is 0.397. The van der Waals surface area contributed by atoms with Crippen molar-refractivity contribution in [3.05, 3.63) is 35.9 Å². The maximum Gasteiger partial charge on any atom is 0.0713 e. The van der Waals surface area contributed by atoms with Crippen LogP contribution in [-0.4, -0.2) is 43.3 Å². The molecule has 3 nitrogen and oxygen atoms in total. The molecule has 104 valence electrons. The molecule has 1 heterocycles. The fourth-order valence-electron chi connectivity index (χ4n) is 3.56. The molecule has 19 heavy (non-hydrogen) atoms. The number of likely N-dealkylation sites (tertiary alicyclic amines) is 1. The third-order valence-corrected chi connectivity index (χ3v) is 4.66. The molecular formula is C16H24N2O. The number of nitrogens with zero attached hydrogens (tertiary/aromatic N) is 1. The molecule has 1 aromatic carbocycles. The Morgan fingerprint density at radius 1 is 1.26 bits per heavy atom. The molecule has 0 radical (unpaired) electrons. The van der Waals surface area contributed by atoms with Crippen molar-refractivity contribution in [2.45, 2.75) is 43.4 Å². The summed E-state index contributed by atoms with van der Waals surface area (Å²) in [4.78, 5) is 2.65. The molecule has 4 atom stereocenters. The molecule has 4 unspecified atom stereocenters. The zero-order valence-electron chi connectivity index (χ0n) is 11.7. The third-order valence-electron chi connectivity index (χ3n) is 4.66. The molecule has 1 saturated carbocycles. The van der Waals surface area contributed by atoms with Gasteiger partial charge in [-0.2, -0.15) is 0 Å². The zero-order chi connectivity index (χ0) is 13.2. The van der Waals surface area contributed by atoms with Crippen LogP contribution in [-0.2, 0) is 4.74 Å². The standard InChI is InChI=1S/C16H24N2O/c1-19-14-9-13(7-8-17)18(11-14)16-10-15(16)12-5-3-2-4-6-12/h2-6,13-16H,7-11,17H2,1H3. The quantitative estimate of drug-likeness (QED) is 0.880. The van der Waals surface area contributed by atoms with E-state index in [-0.39, 0.29) is 0 Å². The second-order valence-electron chi connectivity index (χ2n) is 5.84. The number of benzene rings is 1. The molecule has 3 heteroatoms. The number of nitrogens with two attached hydrogens (primary N) is 1. The number of rotatable bonds is 5. The van der Waals surface area contributed by atoms with Gasteiger partial charge in [-0.3, -0.25) is 4.90 Å². The van der Waals surface area contributed by atoms with Crippen molar-refractivity contribution in [2.75, 3.05) is 20.2 Å². The SMILES string of the molecule is COC1CC(CCN)N(C2CC2c2ccccc2)C1. The van der Waals surface area contributed by atoms with E-state index in [2.05, 4.69) is 35.2 Å². The lowest BCUT2D eigenvalue weighted by Crippen LogP contribution is -2.34. The van der Waals surface area contributed by atoms with Crippen molar-refractivity contribution in [1.82, 2.24) is 4.90 Å². The summed E-state index contributed by atoms with van der Waals surface area (Å²) >= 11 is 0. The lowest BCUT2D eigenvalue weighted by atomic mass is 10.1. The van der Waals surface area contributed by atoms with Crippen LogP contribution in [0.1, 0.15) is 30.7 Å². The molecule has 2 aliphatic rings. The zero-order valence-corrected chi connectivity index (χ0v) is 11.7. The van der Waals surface area contributed by atoms with Crippen molar-refractivity contribution in [3.63, 3.8) is 0 Å². The molecule has 1 saturated heterocycles. The summed E-state index contributed by atoms with van der Waals surface area (Å²) in [6.07, 6.45) is 3.93. The van der Waals surface area contributed by atoms with Crippen LogP contribution in [0.4, 0.5) is 0 Å². The molecule has 2 N–H and O–H groups in total. The highest BCUT2D eigenvalue weighted by atomic mass is 16.5. The molecule has 2 fully saturated rings. The number of methoxy groups -OCH3 is 1. The van der Waals surface area contributed by atoms with E-state index in [4.69, 9.17) is 10.5 Å². The van der Waals surface area contributed by atoms with E-state index in [1.54, 1.807) is 0 Å². The Labute approximate surface area is 115 Å². The highest BCUT2D eigenvalue weighted by molar-refractivity contribution is 5.28. The predicted molar refractivity (Wildman–Crippen MR) is 77.2 cm³/mol. The van der Waals surface area contributed by atoms with E-state index in [1.165, 1.54) is 12.0 Å². The van der Waals surface area contributed by atoms with Gasteiger partial charge in [0.1, 0.15) is 0 Å². The van der Waals surface area contributed by atoms with Crippen LogP contribution >= 0.6 is 0 Å². The van der Waals surface area contributed by atoms with Crippen LogP contribution in [0, 0.1) is 0 Å². The van der Waals surface area contributed by atoms with Crippen LogP contribution in [0.15, 0.2) is 30.3 Å². The summed E-state index contributed by atoms with van der Waals surface area (Å²) in [5.74, 6) is 0.720. The van der Waals surface area contributed by atoms with Crippen molar-refractivity contribution in [1.29, 1.82) is 0 Å². The van der Waals surface area contributed by atoms with E-state index in [0.29, 0.717) is 18.2 Å². The number of hydrogen-bond acceptors (Lipinski definition) is 3. The Balaban J connectivity index is 1.66. The second-order valence-corrected chi connectivity index (χ2v) is 5.84. The molecule has 1 aromatic rings. The molecule has 1 aliphatic heterocycles. The van der Waals surface area contributed by atoms with Crippen LogP contribution in [0.3, 0.4) is 0 Å². The summed E-state index contributed by atoms with van der Waals surface area (Å²) in [5, 5.41) is 0. The highest BCUT2D eigenvalue weighted by Gasteiger charge is 2.48. The molecule has 3 rings (SSSR count). The highest BCUT2D eigenvalue weighted by Crippen LogP contribution is 2.47. The fourth-order valence-corrected chi connectivity index (χ4v) is 3.56. The van der Waals surface area contributed by atoms with E-state index >= 15 is 0 Å². The van der Waals surface area contributed by atoms with Crippen LogP contribution in [0.2, 0.25) is 0 Å². The topological polar surface area (TPSA) is 38.5 Å². The monoisotopic (exact) mass is 260 g/mol. The first-order chi connectivity index (χ1) is 9.33. The Hall–Kier alpha value is -0.900. The minimum absolute atomic E-state index is 0.397. The van der Waals surface area contributed by atoms with Crippen molar-refractivity contribution < 1.29 is 4.74 Å². The average molecular weight is 260 g/mol. The predicted octanol–water partition coefficient (Wildman–Crippen LogP) is 1.98. The summed E-state index contributed by atoms with van der Waals surface area (Å²) in [5.41, 5.74) is 7.24. The van der Waals surface area contributed by atoms with Gasteiger partial charge >= 0.3 is 0 Å². The Bertz CT molecular complexity index is 408. The maximum atomic E-state index is 5.76. The lowest BCUT2D eigenvalue weighted by Gasteiger charge is -2.24. The average Bonchev–Trinajstić information content (AvgIpc) is 3.15. The maximum absolute atomic E-state index is 5.76. The van der Waals surface area contributed by atoms with Gasteiger partial charge in [0.15, 0.2) is 0 Å². The molecular weight excluding hydrogens is 236 g/mol. The summed E-state index contributed by atoms with van der Waals surface area (Å²) in [7, 11) is 1.83. The van der Waals surface area contributed by atoms with Gasteiger partial charge in [-0.25, -0.2) is 0 Å². The molecule has 0 bridgehead atoms. The smallest absolute Gasteiger partial charge is 0.0713 e. The summed E-state index contributed by atoms with van der Waals surface area (Å²) < 4.78 is 5.55. The molecule has 0 amide bonds. The second kappa shape index (κ2) is 5.61. The first kappa shape index (κ1) is 13.1. The van der Waals surface area contributed by atoms with E-state index in [0.717, 1.165) is 31.8 Å². The largest absolute Gasteiger partial charge is 0.380 e. The Morgan fingerprint density at radius 2 is 2.05 bits per heavy atom. The van der Waals surface area contributed by atoms with Gasteiger partial charge < -0.3 is 10.5 Å². The van der Waals surface area contributed by atoms with E-state index in [9.17, 15) is 0 Å². The lowest BCUT2D eigenvalue weighted by molar-refractivity contribution is 0.107. The van der Waals surface area contributed by atoms with Crippen LogP contribution < -0.4 is 5.73 Å². The first-order valence-electron chi connectivity index (χ1n) is 7.37.